The molecule has 4 rings (SSSR count). The molecular weight excluding hydrogens is 408 g/mol. The summed E-state index contributed by atoms with van der Waals surface area (Å²) in [4.78, 5) is 34.6. The largest absolute Gasteiger partial charge is 0.292 e. The van der Waals surface area contributed by atoms with Gasteiger partial charge in [0.05, 0.1) is 5.69 Å². The van der Waals surface area contributed by atoms with Crippen LogP contribution in [0.15, 0.2) is 41.4 Å². The fourth-order valence-electron chi connectivity index (χ4n) is 4.70. The monoisotopic (exact) mass is 440 g/mol. The molecule has 4 heteroatoms. The average molecular weight is 441 g/mol. The zero-order valence-electron chi connectivity index (χ0n) is 20.5. The van der Waals surface area contributed by atoms with E-state index in [2.05, 4.69) is 56.9 Å². The van der Waals surface area contributed by atoms with Gasteiger partial charge in [-0.05, 0) is 84.0 Å². The van der Waals surface area contributed by atoms with Crippen molar-refractivity contribution in [2.75, 3.05) is 0 Å². The lowest BCUT2D eigenvalue weighted by Crippen LogP contribution is -2.23. The van der Waals surface area contributed by atoms with Crippen molar-refractivity contribution in [3.63, 3.8) is 0 Å². The van der Waals surface area contributed by atoms with Gasteiger partial charge in [0.1, 0.15) is 11.4 Å². The smallest absolute Gasteiger partial charge is 0.181 e. The van der Waals surface area contributed by atoms with Crippen LogP contribution in [0.5, 0.6) is 0 Å². The molecule has 1 aliphatic rings. The average Bonchev–Trinajstić information content (AvgIpc) is 3.01. The van der Waals surface area contributed by atoms with E-state index in [1.54, 1.807) is 0 Å². The molecule has 1 aromatic heterocycles. The number of benzene rings is 2. The van der Waals surface area contributed by atoms with Crippen molar-refractivity contribution in [2.24, 2.45) is 4.99 Å². The third-order valence-corrected chi connectivity index (χ3v) is 6.82. The van der Waals surface area contributed by atoms with Crippen LogP contribution in [-0.4, -0.2) is 22.3 Å². The first kappa shape index (κ1) is 23.0. The summed E-state index contributed by atoms with van der Waals surface area (Å²) in [5, 5.41) is 2.38. The zero-order valence-corrected chi connectivity index (χ0v) is 20.5. The number of ketones is 2. The zero-order chi connectivity index (χ0) is 23.9. The molecule has 0 atom stereocenters. The highest BCUT2D eigenvalue weighted by atomic mass is 16.1. The van der Waals surface area contributed by atoms with Gasteiger partial charge in [0.2, 0.25) is 0 Å². The van der Waals surface area contributed by atoms with E-state index in [1.165, 1.54) is 21.9 Å². The van der Waals surface area contributed by atoms with Gasteiger partial charge in [-0.3, -0.25) is 14.6 Å². The minimum Gasteiger partial charge on any atom is -0.292 e. The molecule has 0 radical (unpaired) electrons. The Morgan fingerprint density at radius 2 is 1.42 bits per heavy atom. The highest BCUT2D eigenvalue weighted by Crippen LogP contribution is 2.45. The van der Waals surface area contributed by atoms with E-state index < -0.39 is 0 Å². The Morgan fingerprint density at radius 1 is 0.818 bits per heavy atom. The molecule has 1 aliphatic heterocycles. The highest BCUT2D eigenvalue weighted by molar-refractivity contribution is 6.08. The van der Waals surface area contributed by atoms with Crippen molar-refractivity contribution in [3.8, 4) is 11.1 Å². The van der Waals surface area contributed by atoms with Gasteiger partial charge in [-0.15, -0.1) is 0 Å². The molecular formula is C29H32N2O2. The molecule has 2 heterocycles. The van der Waals surface area contributed by atoms with Crippen LogP contribution in [0, 0.1) is 6.92 Å². The van der Waals surface area contributed by atoms with Crippen LogP contribution in [0.3, 0.4) is 0 Å². The number of fused-ring (bicyclic) bond motifs is 3. The number of hydrogen-bond donors (Lipinski definition) is 0. The molecule has 0 saturated heterocycles. The lowest BCUT2D eigenvalue weighted by Gasteiger charge is -2.23. The Morgan fingerprint density at radius 3 is 2.00 bits per heavy atom. The van der Waals surface area contributed by atoms with Crippen LogP contribution >= 0.6 is 0 Å². The summed E-state index contributed by atoms with van der Waals surface area (Å²) in [6.45, 7) is 12.6. The van der Waals surface area contributed by atoms with Crippen molar-refractivity contribution in [3.05, 3.63) is 58.9 Å². The molecule has 0 N–H and O–H groups in total. The van der Waals surface area contributed by atoms with Crippen molar-refractivity contribution in [1.82, 2.24) is 4.98 Å². The van der Waals surface area contributed by atoms with Gasteiger partial charge in [-0.2, -0.15) is 0 Å². The topological polar surface area (TPSA) is 59.4 Å². The number of aryl methyl sites for hydroxylation is 1. The van der Waals surface area contributed by atoms with Crippen LogP contribution in [0.2, 0.25) is 0 Å². The maximum atomic E-state index is 12.7. The standard InChI is InChI=1S/C29H32N2O2/c1-7-9-26(32)23-15-20(16-24(31-23)27(33)10-8-2)19-11-12-21-22(14-19)17(3)13-25-28(21)29(5,6)18(4)30-25/h11-16H,7-10H2,1-6H3. The lowest BCUT2D eigenvalue weighted by atomic mass is 9.79. The van der Waals surface area contributed by atoms with E-state index in [0.717, 1.165) is 35.4 Å². The fraction of sp³-hybridized carbons (Fsp3) is 0.379. The summed E-state index contributed by atoms with van der Waals surface area (Å²) < 4.78 is 0. The van der Waals surface area contributed by atoms with Crippen LogP contribution in [-0.2, 0) is 5.41 Å². The molecule has 170 valence electrons. The van der Waals surface area contributed by atoms with Crippen LogP contribution in [0.1, 0.15) is 92.4 Å². The molecule has 2 aromatic carbocycles. The molecule has 0 amide bonds. The molecule has 0 spiro atoms. The minimum atomic E-state index is -0.112. The number of hydrogen-bond acceptors (Lipinski definition) is 4. The van der Waals surface area contributed by atoms with E-state index in [4.69, 9.17) is 4.99 Å². The third-order valence-electron chi connectivity index (χ3n) is 6.82. The predicted molar refractivity (Wildman–Crippen MR) is 136 cm³/mol. The quantitative estimate of drug-likeness (QED) is 0.356. The van der Waals surface area contributed by atoms with Crippen molar-refractivity contribution >= 4 is 33.7 Å². The van der Waals surface area contributed by atoms with Gasteiger partial charge in [-0.25, -0.2) is 4.98 Å². The van der Waals surface area contributed by atoms with Gasteiger partial charge < -0.3 is 0 Å². The number of nitrogens with zero attached hydrogens (tertiary/aromatic N) is 2. The predicted octanol–water partition coefficient (Wildman–Crippen LogP) is 7.56. The van der Waals surface area contributed by atoms with Crippen molar-refractivity contribution in [1.29, 1.82) is 0 Å². The first-order chi connectivity index (χ1) is 15.7. The van der Waals surface area contributed by atoms with Gasteiger partial charge in [-0.1, -0.05) is 39.8 Å². The summed E-state index contributed by atoms with van der Waals surface area (Å²) in [5.74, 6) is -0.0388. The molecule has 4 nitrogen and oxygen atoms in total. The molecule has 0 saturated carbocycles. The Balaban J connectivity index is 1.89. The normalized spacial score (nSPS) is 14.3. The first-order valence-electron chi connectivity index (χ1n) is 11.9. The molecule has 0 aliphatic carbocycles. The third kappa shape index (κ3) is 4.03. The Labute approximate surface area is 196 Å². The molecule has 0 fully saturated rings. The van der Waals surface area contributed by atoms with E-state index in [0.29, 0.717) is 24.2 Å². The van der Waals surface area contributed by atoms with Crippen molar-refractivity contribution < 1.29 is 9.59 Å². The number of aliphatic imine (C=N–C) groups is 1. The van der Waals surface area contributed by atoms with E-state index >= 15 is 0 Å². The summed E-state index contributed by atoms with van der Waals surface area (Å²) in [6.07, 6.45) is 2.35. The number of rotatable bonds is 7. The highest BCUT2D eigenvalue weighted by Gasteiger charge is 2.34. The lowest BCUT2D eigenvalue weighted by molar-refractivity contribution is 0.0973. The summed E-state index contributed by atoms with van der Waals surface area (Å²) in [6, 6.07) is 12.3. The summed E-state index contributed by atoms with van der Waals surface area (Å²) >= 11 is 0. The molecule has 0 unspecified atom stereocenters. The second-order valence-corrected chi connectivity index (χ2v) is 9.64. The van der Waals surface area contributed by atoms with Crippen molar-refractivity contribution in [2.45, 2.75) is 72.6 Å². The Bertz CT molecular complexity index is 1280. The van der Waals surface area contributed by atoms with Gasteiger partial charge in [0, 0.05) is 24.0 Å². The van der Waals surface area contributed by atoms with Gasteiger partial charge >= 0.3 is 0 Å². The first-order valence-corrected chi connectivity index (χ1v) is 11.9. The SMILES string of the molecule is CCCC(=O)c1cc(-c2ccc3c4c(cc(C)c3c2)N=C(C)C4(C)C)cc(C(=O)CCC)n1. The number of Topliss-reactive ketones (excluding diaryl/α,β-unsaturated/α-hetero) is 2. The Hall–Kier alpha value is -3.14. The fourth-order valence-corrected chi connectivity index (χ4v) is 4.70. The van der Waals surface area contributed by atoms with Gasteiger partial charge in [0.25, 0.3) is 0 Å². The summed E-state index contributed by atoms with van der Waals surface area (Å²) in [7, 11) is 0. The molecule has 0 bridgehead atoms. The number of carbonyl (C=O) groups excluding carboxylic acids is 2. The second kappa shape index (κ2) is 8.66. The number of carbonyl (C=O) groups is 2. The number of aromatic nitrogens is 1. The van der Waals surface area contributed by atoms with E-state index in [1.807, 2.05) is 26.0 Å². The summed E-state index contributed by atoms with van der Waals surface area (Å²) in [5.41, 5.74) is 7.10. The van der Waals surface area contributed by atoms with Crippen LogP contribution in [0.4, 0.5) is 5.69 Å². The minimum absolute atomic E-state index is 0.0194. The van der Waals surface area contributed by atoms with Crippen LogP contribution < -0.4 is 0 Å². The maximum Gasteiger partial charge on any atom is 0.181 e. The Kier molecular flexibility index (Phi) is 6.04. The molecule has 3 aromatic rings. The van der Waals surface area contributed by atoms with E-state index in [-0.39, 0.29) is 17.0 Å². The second-order valence-electron chi connectivity index (χ2n) is 9.64. The van der Waals surface area contributed by atoms with Crippen LogP contribution in [0.25, 0.3) is 21.9 Å². The van der Waals surface area contributed by atoms with E-state index in [9.17, 15) is 9.59 Å². The maximum absolute atomic E-state index is 12.7. The number of pyridine rings is 1. The molecule has 33 heavy (non-hydrogen) atoms. The van der Waals surface area contributed by atoms with Gasteiger partial charge in [0.15, 0.2) is 11.6 Å².